The predicted molar refractivity (Wildman–Crippen MR) is 198 cm³/mol. The van der Waals surface area contributed by atoms with Crippen molar-refractivity contribution in [2.75, 3.05) is 24.7 Å². The number of hydrogen-bond donors (Lipinski definition) is 5. The molecule has 2 aliphatic heterocycles. The predicted octanol–water partition coefficient (Wildman–Crippen LogP) is 7.26. The molecule has 1 amide bonds. The number of allylic oxidation sites excluding steroid dienone is 5. The van der Waals surface area contributed by atoms with Crippen molar-refractivity contribution >= 4 is 74.1 Å². The highest BCUT2D eigenvalue weighted by Gasteiger charge is 2.21. The van der Waals surface area contributed by atoms with Crippen molar-refractivity contribution in [3.05, 3.63) is 88.5 Å². The van der Waals surface area contributed by atoms with Crippen LogP contribution in [0.1, 0.15) is 78.1 Å². The summed E-state index contributed by atoms with van der Waals surface area (Å²) in [4.78, 5) is 41.7. The molecule has 8 bridgehead atoms. The third-order valence-electron chi connectivity index (χ3n) is 9.04. The van der Waals surface area contributed by atoms with Gasteiger partial charge in [-0.2, -0.15) is 11.8 Å². The highest BCUT2D eigenvalue weighted by atomic mass is 32.2. The molecule has 0 aliphatic carbocycles. The Hall–Kier alpha value is -4.67. The van der Waals surface area contributed by atoms with Crippen molar-refractivity contribution in [2.45, 2.75) is 53.4 Å². The Kier molecular flexibility index (Phi) is 10.9. The van der Waals surface area contributed by atoms with Gasteiger partial charge in [0.15, 0.2) is 0 Å². The standard InChI is InChI=1S/C38H43N5O4S/c1-7-25-21(3)29-17-30-23(5)27(9-11-37(45)39-13-15-48-16-14-44)35(42-30)20-36-28(10-12-38(46)47)24(6)32(43-36)19-34-26(8-2)22(4)31(41-34)18-33(25)40-29/h7-8,17-20,40,43-44H,1-2,9-16H2,3-6H3,(H,39,45)(H,46,47). The molecule has 5 heterocycles. The maximum atomic E-state index is 12.8. The lowest BCUT2D eigenvalue weighted by molar-refractivity contribution is -0.137. The molecule has 0 aromatic carbocycles. The number of aromatic nitrogens is 4. The van der Waals surface area contributed by atoms with Crippen molar-refractivity contribution in [1.29, 1.82) is 0 Å². The fourth-order valence-electron chi connectivity index (χ4n) is 6.29. The van der Waals surface area contributed by atoms with Gasteiger partial charge in [0.05, 0.1) is 29.4 Å². The van der Waals surface area contributed by atoms with Crippen molar-refractivity contribution in [1.82, 2.24) is 25.3 Å². The van der Waals surface area contributed by atoms with E-state index in [0.717, 1.165) is 95.1 Å². The number of carboxylic acid groups (broad SMARTS) is 1. The van der Waals surface area contributed by atoms with E-state index in [0.29, 0.717) is 31.6 Å². The number of carboxylic acids is 1. The number of hydrogen-bond acceptors (Lipinski definition) is 6. The topological polar surface area (TPSA) is 144 Å². The molecule has 9 nitrogen and oxygen atoms in total. The van der Waals surface area contributed by atoms with Crippen molar-refractivity contribution in [2.24, 2.45) is 0 Å². The van der Waals surface area contributed by atoms with Crippen molar-refractivity contribution < 1.29 is 19.8 Å². The lowest BCUT2D eigenvalue weighted by atomic mass is 10.00. The van der Waals surface area contributed by atoms with Crippen LogP contribution in [0, 0.1) is 13.8 Å². The second-order valence-corrected chi connectivity index (χ2v) is 13.2. The molecule has 250 valence electrons. The molecular weight excluding hydrogens is 623 g/mol. The SMILES string of the molecule is C=CC1=C(C)c2cc3[nH]c(cc4nc(cc5[nH]c(cc1n2)c(C)c5CCC(=O)O)C(CCC(=O)NCCSCCO)=C4C)c(C)c3C=C. The molecule has 3 aromatic rings. The minimum absolute atomic E-state index is 0.0142. The summed E-state index contributed by atoms with van der Waals surface area (Å²) in [7, 11) is 0. The van der Waals surface area contributed by atoms with Gasteiger partial charge >= 0.3 is 5.97 Å². The van der Waals surface area contributed by atoms with Crippen LogP contribution in [0.2, 0.25) is 0 Å². The highest BCUT2D eigenvalue weighted by Crippen LogP contribution is 2.36. The summed E-state index contributed by atoms with van der Waals surface area (Å²) in [6.07, 6.45) is 4.78. The van der Waals surface area contributed by atoms with Gasteiger partial charge in [0.25, 0.3) is 0 Å². The first kappa shape index (κ1) is 34.7. The quantitative estimate of drug-likeness (QED) is 0.121. The fourth-order valence-corrected chi connectivity index (χ4v) is 6.87. The summed E-state index contributed by atoms with van der Waals surface area (Å²) in [6.45, 7) is 16.9. The van der Waals surface area contributed by atoms with Gasteiger partial charge in [-0.25, -0.2) is 9.97 Å². The smallest absolute Gasteiger partial charge is 0.303 e. The van der Waals surface area contributed by atoms with Crippen LogP contribution in [-0.4, -0.2) is 66.7 Å². The van der Waals surface area contributed by atoms with Crippen molar-refractivity contribution in [3.8, 4) is 0 Å². The van der Waals surface area contributed by atoms with Crippen LogP contribution in [0.5, 0.6) is 0 Å². The maximum absolute atomic E-state index is 12.8. The number of amides is 1. The Morgan fingerprint density at radius 3 is 2.17 bits per heavy atom. The molecule has 5 rings (SSSR count). The zero-order valence-electron chi connectivity index (χ0n) is 28.0. The molecule has 0 spiro atoms. The number of aliphatic hydroxyl groups excluding tert-OH is 1. The lowest BCUT2D eigenvalue weighted by Crippen LogP contribution is -2.25. The minimum atomic E-state index is -0.868. The van der Waals surface area contributed by atoms with Crippen LogP contribution >= 0.6 is 11.8 Å². The zero-order valence-corrected chi connectivity index (χ0v) is 28.9. The molecule has 48 heavy (non-hydrogen) atoms. The second-order valence-electron chi connectivity index (χ2n) is 12.0. The number of aryl methyl sites for hydroxylation is 3. The minimum Gasteiger partial charge on any atom is -0.481 e. The van der Waals surface area contributed by atoms with E-state index >= 15 is 0 Å². The van der Waals surface area contributed by atoms with E-state index in [1.54, 1.807) is 11.8 Å². The normalized spacial score (nSPS) is 12.9. The summed E-state index contributed by atoms with van der Waals surface area (Å²) in [5.74, 6) is 0.471. The zero-order chi connectivity index (χ0) is 34.5. The number of H-pyrrole nitrogens is 2. The van der Waals surface area contributed by atoms with Gasteiger partial charge in [0.2, 0.25) is 5.91 Å². The van der Waals surface area contributed by atoms with E-state index in [-0.39, 0.29) is 18.9 Å². The van der Waals surface area contributed by atoms with Gasteiger partial charge < -0.3 is 25.5 Å². The number of thioether (sulfide) groups is 1. The molecule has 5 N–H and O–H groups in total. The van der Waals surface area contributed by atoms with E-state index in [2.05, 4.69) is 35.4 Å². The first-order valence-electron chi connectivity index (χ1n) is 16.1. The number of aromatic amines is 2. The summed E-state index contributed by atoms with van der Waals surface area (Å²) in [5, 5.41) is 21.5. The number of carbonyl (C=O) groups is 2. The Morgan fingerprint density at radius 2 is 1.46 bits per heavy atom. The van der Waals surface area contributed by atoms with Gasteiger partial charge in [-0.15, -0.1) is 0 Å². The van der Waals surface area contributed by atoms with E-state index < -0.39 is 5.97 Å². The summed E-state index contributed by atoms with van der Waals surface area (Å²) >= 11 is 1.60. The number of nitrogens with one attached hydrogen (secondary N) is 3. The van der Waals surface area contributed by atoms with Gasteiger partial charge in [-0.3, -0.25) is 9.59 Å². The fraction of sp³-hybridized carbons (Fsp3) is 0.316. The number of carbonyl (C=O) groups excluding carboxylic acids is 1. The summed E-state index contributed by atoms with van der Waals surface area (Å²) in [5.41, 5.74) is 14.3. The van der Waals surface area contributed by atoms with Crippen LogP contribution in [0.25, 0.3) is 50.4 Å². The van der Waals surface area contributed by atoms with E-state index in [9.17, 15) is 14.7 Å². The molecule has 0 radical (unpaired) electrons. The third kappa shape index (κ3) is 7.24. The molecule has 0 fully saturated rings. The van der Waals surface area contributed by atoms with E-state index in [1.165, 1.54) is 0 Å². The summed E-state index contributed by atoms with van der Waals surface area (Å²) < 4.78 is 0. The van der Waals surface area contributed by atoms with E-state index in [1.807, 2.05) is 57.2 Å². The lowest BCUT2D eigenvalue weighted by Gasteiger charge is -2.07. The largest absolute Gasteiger partial charge is 0.481 e. The average Bonchev–Trinajstić information content (AvgIpc) is 3.71. The van der Waals surface area contributed by atoms with Crippen LogP contribution in [0.15, 0.2) is 43.5 Å². The van der Waals surface area contributed by atoms with Gasteiger partial charge in [0.1, 0.15) is 0 Å². The number of rotatable bonds is 13. The summed E-state index contributed by atoms with van der Waals surface area (Å²) in [6, 6.07) is 8.05. The highest BCUT2D eigenvalue weighted by molar-refractivity contribution is 7.99. The molecule has 2 aliphatic rings. The Bertz CT molecular complexity index is 2030. The Balaban J connectivity index is 1.74. The third-order valence-corrected chi connectivity index (χ3v) is 10.0. The van der Waals surface area contributed by atoms with Gasteiger partial charge in [0, 0.05) is 64.1 Å². The van der Waals surface area contributed by atoms with Gasteiger partial charge in [-0.05, 0) is 98.2 Å². The molecule has 10 heteroatoms. The van der Waals surface area contributed by atoms with Crippen molar-refractivity contribution in [3.63, 3.8) is 0 Å². The molecule has 0 unspecified atom stereocenters. The molecule has 0 saturated carbocycles. The number of nitrogens with zero attached hydrogens (tertiary/aromatic N) is 2. The monoisotopic (exact) mass is 665 g/mol. The van der Waals surface area contributed by atoms with Gasteiger partial charge in [-0.1, -0.05) is 25.3 Å². The first-order valence-corrected chi connectivity index (χ1v) is 17.3. The molecule has 0 saturated heterocycles. The number of fused-ring (bicyclic) bond motifs is 8. The van der Waals surface area contributed by atoms with Crippen LogP contribution in [0.3, 0.4) is 0 Å². The Labute approximate surface area is 285 Å². The molecular formula is C38H43N5O4S. The number of aliphatic carboxylic acids is 1. The molecule has 0 atom stereocenters. The first-order chi connectivity index (χ1) is 23.1. The number of aliphatic hydroxyl groups is 1. The Morgan fingerprint density at radius 1 is 0.812 bits per heavy atom. The van der Waals surface area contributed by atoms with E-state index in [4.69, 9.17) is 15.1 Å². The van der Waals surface area contributed by atoms with Crippen LogP contribution in [0.4, 0.5) is 0 Å². The average molecular weight is 666 g/mol. The second kappa shape index (κ2) is 15.0. The maximum Gasteiger partial charge on any atom is 0.303 e. The van der Waals surface area contributed by atoms with Crippen LogP contribution < -0.4 is 5.32 Å². The molecule has 3 aromatic heterocycles. The van der Waals surface area contributed by atoms with Crippen LogP contribution in [-0.2, 0) is 16.0 Å².